The molecule has 5 fully saturated rings. The molecule has 0 spiro atoms. The molecule has 6 aliphatic rings. The van der Waals surface area contributed by atoms with Crippen LogP contribution in [0.25, 0.3) is 0 Å². The van der Waals surface area contributed by atoms with Gasteiger partial charge in [0.05, 0.1) is 18.8 Å². The van der Waals surface area contributed by atoms with Crippen molar-refractivity contribution in [2.24, 2.45) is 64.4 Å². The second-order valence-corrected chi connectivity index (χ2v) is 17.9. The van der Waals surface area contributed by atoms with Crippen LogP contribution >= 0.6 is 0 Å². The maximum atomic E-state index is 14.5. The average molecular weight is 681 g/mol. The van der Waals surface area contributed by atoms with Gasteiger partial charge in [-0.15, -0.1) is 0 Å². The van der Waals surface area contributed by atoms with Gasteiger partial charge < -0.3 is 29.9 Å². The molecule has 7 unspecified atom stereocenters. The number of piperidine rings is 1. The first-order valence-corrected chi connectivity index (χ1v) is 20.7. The van der Waals surface area contributed by atoms with Crippen LogP contribution in [0.4, 0.5) is 0 Å². The molecule has 1 saturated heterocycles. The number of hydrogen-bond donors (Lipinski definition) is 3. The van der Waals surface area contributed by atoms with E-state index in [1.54, 1.807) is 7.11 Å². The Labute approximate surface area is 297 Å². The van der Waals surface area contributed by atoms with Crippen molar-refractivity contribution < 1.29 is 29.9 Å². The summed E-state index contributed by atoms with van der Waals surface area (Å²) in [6, 6.07) is 0. The topological polar surface area (TPSA) is 129 Å². The van der Waals surface area contributed by atoms with Gasteiger partial charge in [0.2, 0.25) is 0 Å². The summed E-state index contributed by atoms with van der Waals surface area (Å²) in [5, 5.41) is 27.4. The quantitative estimate of drug-likeness (QED) is 0.259. The van der Waals surface area contributed by atoms with Crippen LogP contribution in [0.15, 0.2) is 0 Å². The van der Waals surface area contributed by atoms with Crippen molar-refractivity contribution in [3.05, 3.63) is 0 Å². The van der Waals surface area contributed by atoms with Crippen LogP contribution in [0.3, 0.4) is 0 Å². The zero-order valence-corrected chi connectivity index (χ0v) is 30.8. The number of nitrogens with two attached hydrogens (primary N) is 2. The van der Waals surface area contributed by atoms with E-state index in [0.29, 0.717) is 49.4 Å². The normalized spacial score (nSPS) is 42.5. The van der Waals surface area contributed by atoms with Gasteiger partial charge in [-0.2, -0.15) is 0 Å². The summed E-state index contributed by atoms with van der Waals surface area (Å²) < 4.78 is 5.72. The van der Waals surface area contributed by atoms with Gasteiger partial charge >= 0.3 is 0 Å². The fourth-order valence-corrected chi connectivity index (χ4v) is 12.4. The number of aliphatic hydroxyl groups excluding tert-OH is 1. The minimum atomic E-state index is -1.82. The highest BCUT2D eigenvalue weighted by atomic mass is 16.5. The van der Waals surface area contributed by atoms with Crippen molar-refractivity contribution >= 4 is 11.6 Å². The smallest absolute Gasteiger partial charge is 0.137 e. The average Bonchev–Trinajstić information content (AvgIpc) is 3.50. The Bertz CT molecular complexity index is 1170. The van der Waals surface area contributed by atoms with Crippen LogP contribution in [-0.4, -0.2) is 54.8 Å². The number of hydrogen-bond acceptors (Lipinski definition) is 6. The highest BCUT2D eigenvalue weighted by molar-refractivity contribution is 6.05. The lowest BCUT2D eigenvalue weighted by molar-refractivity contribution is -0.699. The third-order valence-corrected chi connectivity index (χ3v) is 14.9. The van der Waals surface area contributed by atoms with Crippen molar-refractivity contribution in [1.29, 1.82) is 0 Å². The van der Waals surface area contributed by atoms with Gasteiger partial charge in [0.1, 0.15) is 17.7 Å². The zero-order valence-electron chi connectivity index (χ0n) is 30.8. The van der Waals surface area contributed by atoms with E-state index in [-0.39, 0.29) is 53.6 Å². The SMILES string of the molecule is CCCC1(C2C[C@H](CC3CC[NH2+]C(N)C3)C[C@@H]3C#C[C@H](C4CCCCC4)C4CC(O)C(OC)CC4CCC(=O)[C@H]([O-])C(=O)[C@@H]3C2)CCCC1. The number of rotatable bonds is 7. The number of methoxy groups -OCH3 is 1. The number of ether oxygens (including phenoxy) is 1. The molecule has 0 aromatic carbocycles. The predicted molar refractivity (Wildman–Crippen MR) is 190 cm³/mol. The number of quaternary nitrogens is 1. The van der Waals surface area contributed by atoms with Crippen molar-refractivity contribution in [3.8, 4) is 11.8 Å². The molecular formula is C42H68N2O5. The van der Waals surface area contributed by atoms with Crippen LogP contribution in [0.1, 0.15) is 142 Å². The minimum Gasteiger partial charge on any atom is -0.841 e. The summed E-state index contributed by atoms with van der Waals surface area (Å²) in [7, 11) is 1.66. The zero-order chi connectivity index (χ0) is 34.5. The molecule has 1 aliphatic heterocycles. The molecule has 12 atom stereocenters. The fourth-order valence-electron chi connectivity index (χ4n) is 12.4. The number of ketones is 2. The van der Waals surface area contributed by atoms with Crippen molar-refractivity contribution in [1.82, 2.24) is 0 Å². The molecule has 0 aromatic heterocycles. The minimum absolute atomic E-state index is 0.136. The van der Waals surface area contributed by atoms with Crippen LogP contribution in [0.2, 0.25) is 0 Å². The molecular weight excluding hydrogens is 612 g/mol. The standard InChI is InChI=1S/C42H67N2O5/c1-3-16-42(17-7-8-18-42)32-22-28(20-27-15-19-44-39(43)23-27)21-30-11-13-33(29-9-5-4-6-10-29)34-26-37(46)38(49-2)24-31(34)12-14-36(45)41(48)40(47)35(30)25-32/h27-35,37-39,41,44,46H,3-10,12,14-26,43H2,1-2H3/q-1/p+1/t27?,28-,30+,31?,32?,33-,34?,35-,37?,38?,39?,41+/m1/s1. The van der Waals surface area contributed by atoms with E-state index in [2.05, 4.69) is 24.1 Å². The summed E-state index contributed by atoms with van der Waals surface area (Å²) in [5.41, 5.74) is 6.68. The maximum absolute atomic E-state index is 14.5. The molecule has 0 amide bonds. The van der Waals surface area contributed by atoms with E-state index < -0.39 is 23.9 Å². The van der Waals surface area contributed by atoms with Crippen molar-refractivity contribution in [2.75, 3.05) is 13.7 Å². The van der Waals surface area contributed by atoms with E-state index in [4.69, 9.17) is 10.5 Å². The summed E-state index contributed by atoms with van der Waals surface area (Å²) in [4.78, 5) is 28.1. The van der Waals surface area contributed by atoms with Crippen LogP contribution in [0, 0.1) is 70.5 Å². The van der Waals surface area contributed by atoms with Gasteiger partial charge in [-0.1, -0.05) is 57.3 Å². The Morgan fingerprint density at radius 2 is 1.69 bits per heavy atom. The summed E-state index contributed by atoms with van der Waals surface area (Å²) in [6.45, 7) is 3.37. The van der Waals surface area contributed by atoms with E-state index >= 15 is 0 Å². The molecule has 7 nitrogen and oxygen atoms in total. The van der Waals surface area contributed by atoms with Crippen molar-refractivity contribution in [3.63, 3.8) is 0 Å². The third-order valence-electron chi connectivity index (χ3n) is 14.9. The molecule has 7 heteroatoms. The molecule has 5 aliphatic carbocycles. The fraction of sp³-hybridized carbons (Fsp3) is 0.905. The first-order chi connectivity index (χ1) is 23.7. The second kappa shape index (κ2) is 17.0. The molecule has 5 N–H and O–H groups in total. The first-order valence-electron chi connectivity index (χ1n) is 20.7. The predicted octanol–water partition coefficient (Wildman–Crippen LogP) is 4.91. The highest BCUT2D eigenvalue weighted by Gasteiger charge is 2.48. The van der Waals surface area contributed by atoms with Gasteiger partial charge in [0.15, 0.2) is 0 Å². The van der Waals surface area contributed by atoms with Gasteiger partial charge in [-0.3, -0.25) is 5.73 Å². The number of aliphatic hydroxyl groups is 1. The lowest BCUT2D eigenvalue weighted by Crippen LogP contribution is -2.94. The van der Waals surface area contributed by atoms with E-state index in [0.717, 1.165) is 51.5 Å². The number of Topliss-reactive ketones (excluding diaryl/α,β-unsaturated/α-hetero) is 2. The number of carbonyl (C=O) groups excluding carboxylic acids is 2. The molecule has 4 saturated carbocycles. The maximum Gasteiger partial charge on any atom is 0.137 e. The summed E-state index contributed by atoms with van der Waals surface area (Å²) in [5.74, 6) is 8.63. The van der Waals surface area contributed by atoms with E-state index in [1.165, 1.54) is 57.8 Å². The Kier molecular flexibility index (Phi) is 13.0. The molecule has 0 aromatic rings. The molecule has 276 valence electrons. The van der Waals surface area contributed by atoms with Gasteiger partial charge in [0, 0.05) is 37.7 Å². The monoisotopic (exact) mass is 681 g/mol. The van der Waals surface area contributed by atoms with E-state index in [1.807, 2.05) is 0 Å². The lowest BCUT2D eigenvalue weighted by Gasteiger charge is -2.44. The van der Waals surface area contributed by atoms with Gasteiger partial charge in [0.25, 0.3) is 0 Å². The Hall–Kier alpha value is -1.30. The molecule has 0 radical (unpaired) electrons. The van der Waals surface area contributed by atoms with Gasteiger partial charge in [-0.05, 0) is 130 Å². The summed E-state index contributed by atoms with van der Waals surface area (Å²) >= 11 is 0. The third kappa shape index (κ3) is 8.68. The summed E-state index contributed by atoms with van der Waals surface area (Å²) in [6.07, 6.45) is 18.8. The molecule has 6 rings (SSSR count). The Balaban J connectivity index is 1.40. The first kappa shape index (κ1) is 37.5. The van der Waals surface area contributed by atoms with Gasteiger partial charge in [-0.25, -0.2) is 0 Å². The van der Waals surface area contributed by atoms with Crippen molar-refractivity contribution in [2.45, 2.75) is 166 Å². The number of carbonyl (C=O) groups is 2. The van der Waals surface area contributed by atoms with Crippen LogP contribution in [0.5, 0.6) is 0 Å². The molecule has 1 heterocycles. The van der Waals surface area contributed by atoms with E-state index in [9.17, 15) is 19.8 Å². The van der Waals surface area contributed by atoms with Crippen LogP contribution < -0.4 is 16.2 Å². The second-order valence-electron chi connectivity index (χ2n) is 17.9. The highest BCUT2D eigenvalue weighted by Crippen LogP contribution is 2.55. The lowest BCUT2D eigenvalue weighted by atomic mass is 9.63. The van der Waals surface area contributed by atoms with Crippen LogP contribution in [-0.2, 0) is 14.3 Å². The molecule has 0 bridgehead atoms. The number of fused-ring (bicyclic) bond motifs is 2. The largest absolute Gasteiger partial charge is 0.841 e. The Morgan fingerprint density at radius 3 is 2.41 bits per heavy atom. The molecule has 49 heavy (non-hydrogen) atoms. The Morgan fingerprint density at radius 1 is 0.918 bits per heavy atom.